The van der Waals surface area contributed by atoms with Crippen molar-refractivity contribution < 1.29 is 26.1 Å². The average molecular weight is 472 g/mol. The lowest BCUT2D eigenvalue weighted by atomic mass is 10.1. The first-order valence-electron chi connectivity index (χ1n) is 9.51. The molecule has 0 amide bonds. The number of thiophene rings is 1. The van der Waals surface area contributed by atoms with Crippen LogP contribution in [0.15, 0.2) is 44.4 Å². The van der Waals surface area contributed by atoms with Crippen LogP contribution in [0.4, 0.5) is 18.9 Å². The Morgan fingerprint density at radius 1 is 1.10 bits per heavy atom. The maximum atomic E-state index is 13.1. The second-order valence-corrected chi connectivity index (χ2v) is 10.4. The van der Waals surface area contributed by atoms with Crippen molar-refractivity contribution in [3.05, 3.63) is 52.6 Å². The van der Waals surface area contributed by atoms with E-state index in [2.05, 4.69) is 21.5 Å². The molecule has 31 heavy (non-hydrogen) atoms. The molecule has 0 N–H and O–H groups in total. The molecule has 0 spiro atoms. The van der Waals surface area contributed by atoms with Gasteiger partial charge >= 0.3 is 6.18 Å². The van der Waals surface area contributed by atoms with E-state index in [4.69, 9.17) is 0 Å². The summed E-state index contributed by atoms with van der Waals surface area (Å²) in [6.07, 6.45) is -4.65. The summed E-state index contributed by atoms with van der Waals surface area (Å²) in [5.74, 6) is -1.22. The second-order valence-electron chi connectivity index (χ2n) is 7.34. The van der Waals surface area contributed by atoms with Crippen LogP contribution < -0.4 is 4.90 Å². The average Bonchev–Trinajstić information content (AvgIpc) is 3.40. The Kier molecular flexibility index (Phi) is 5.61. The molecule has 1 aliphatic heterocycles. The van der Waals surface area contributed by atoms with Crippen molar-refractivity contribution >= 4 is 27.0 Å². The van der Waals surface area contributed by atoms with Gasteiger partial charge in [0.1, 0.15) is 9.90 Å². The van der Waals surface area contributed by atoms with Crippen LogP contribution in [0, 0.1) is 13.8 Å². The number of anilines is 1. The highest BCUT2D eigenvalue weighted by Crippen LogP contribution is 2.35. The molecule has 0 atom stereocenters. The molecule has 11 heteroatoms. The van der Waals surface area contributed by atoms with Gasteiger partial charge in [-0.15, -0.1) is 11.3 Å². The number of benzene rings is 1. The quantitative estimate of drug-likeness (QED) is 0.559. The standard InChI is InChI=1S/C20H20F3N3O3S2/c1-13-4-3-5-17(14(13)2)25-6-8-26(9-7-25)31(27,28)19-10-15(12-30-19)16-11-18(29-24-16)20(21,22)23/h3-5,10-12H,6-9H2,1-2H3. The molecule has 2 aromatic heterocycles. The van der Waals surface area contributed by atoms with E-state index in [1.54, 1.807) is 0 Å². The van der Waals surface area contributed by atoms with Gasteiger partial charge in [0, 0.05) is 48.9 Å². The first kappa shape index (κ1) is 21.8. The Morgan fingerprint density at radius 2 is 1.81 bits per heavy atom. The molecule has 166 valence electrons. The molecule has 1 aliphatic rings. The minimum absolute atomic E-state index is 0.0511. The molecule has 1 aromatic carbocycles. The molecule has 0 bridgehead atoms. The highest BCUT2D eigenvalue weighted by Gasteiger charge is 2.36. The maximum Gasteiger partial charge on any atom is 0.452 e. The smallest absolute Gasteiger partial charge is 0.369 e. The summed E-state index contributed by atoms with van der Waals surface area (Å²) >= 11 is 0.957. The molecule has 3 heterocycles. The zero-order valence-corrected chi connectivity index (χ0v) is 18.4. The van der Waals surface area contributed by atoms with Crippen molar-refractivity contribution in [3.8, 4) is 11.3 Å². The summed E-state index contributed by atoms with van der Waals surface area (Å²) in [5, 5.41) is 4.89. The van der Waals surface area contributed by atoms with Gasteiger partial charge in [0.2, 0.25) is 5.76 Å². The number of halogens is 3. The number of rotatable bonds is 4. The van der Waals surface area contributed by atoms with Crippen LogP contribution in [0.2, 0.25) is 0 Å². The van der Waals surface area contributed by atoms with Gasteiger partial charge in [-0.1, -0.05) is 17.3 Å². The van der Waals surface area contributed by atoms with E-state index in [1.807, 2.05) is 25.1 Å². The number of alkyl halides is 3. The van der Waals surface area contributed by atoms with E-state index < -0.39 is 22.0 Å². The minimum Gasteiger partial charge on any atom is -0.369 e. The fraction of sp³-hybridized carbons (Fsp3) is 0.350. The number of nitrogens with zero attached hydrogens (tertiary/aromatic N) is 3. The monoisotopic (exact) mass is 471 g/mol. The Morgan fingerprint density at radius 3 is 2.45 bits per heavy atom. The van der Waals surface area contributed by atoms with Crippen molar-refractivity contribution in [3.63, 3.8) is 0 Å². The lowest BCUT2D eigenvalue weighted by molar-refractivity contribution is -0.155. The number of aryl methyl sites for hydroxylation is 1. The van der Waals surface area contributed by atoms with Crippen molar-refractivity contribution in [2.24, 2.45) is 0 Å². The molecule has 4 rings (SSSR count). The summed E-state index contributed by atoms with van der Waals surface area (Å²) in [6, 6.07) is 8.17. The molecule has 0 radical (unpaired) electrons. The second kappa shape index (κ2) is 7.95. The summed E-state index contributed by atoms with van der Waals surface area (Å²) in [7, 11) is -3.75. The Balaban J connectivity index is 1.49. The zero-order valence-electron chi connectivity index (χ0n) is 16.8. The molecule has 1 saturated heterocycles. The van der Waals surface area contributed by atoms with Gasteiger partial charge in [0.15, 0.2) is 0 Å². The van der Waals surface area contributed by atoms with E-state index >= 15 is 0 Å². The maximum absolute atomic E-state index is 13.1. The van der Waals surface area contributed by atoms with Gasteiger partial charge in [-0.2, -0.15) is 17.5 Å². The van der Waals surface area contributed by atoms with Crippen molar-refractivity contribution in [2.75, 3.05) is 31.1 Å². The molecule has 6 nitrogen and oxygen atoms in total. The molecule has 0 saturated carbocycles. The van der Waals surface area contributed by atoms with Gasteiger partial charge in [-0.3, -0.25) is 0 Å². The predicted octanol–water partition coefficient (Wildman–Crippen LogP) is 4.55. The number of hydrogen-bond acceptors (Lipinski definition) is 6. The normalized spacial score (nSPS) is 16.1. The lowest BCUT2D eigenvalue weighted by Crippen LogP contribution is -2.48. The molecule has 3 aromatic rings. The van der Waals surface area contributed by atoms with Crippen LogP contribution in [0.3, 0.4) is 0 Å². The third-order valence-electron chi connectivity index (χ3n) is 5.41. The third-order valence-corrected chi connectivity index (χ3v) is 8.72. The Labute approximate surface area is 181 Å². The van der Waals surface area contributed by atoms with Crippen molar-refractivity contribution in [1.29, 1.82) is 0 Å². The minimum atomic E-state index is -4.65. The Hall–Kier alpha value is -2.37. The largest absolute Gasteiger partial charge is 0.452 e. The van der Waals surface area contributed by atoms with E-state index in [0.29, 0.717) is 26.2 Å². The first-order valence-corrected chi connectivity index (χ1v) is 11.8. The van der Waals surface area contributed by atoms with E-state index in [9.17, 15) is 21.6 Å². The van der Waals surface area contributed by atoms with Crippen LogP contribution >= 0.6 is 11.3 Å². The molecule has 0 aliphatic carbocycles. The Bertz CT molecular complexity index is 1190. The molecule has 0 unspecified atom stereocenters. The van der Waals surface area contributed by atoms with Gasteiger partial charge in [0.25, 0.3) is 10.0 Å². The van der Waals surface area contributed by atoms with E-state index in [1.165, 1.54) is 26.9 Å². The molecule has 1 fully saturated rings. The summed E-state index contributed by atoms with van der Waals surface area (Å²) in [4.78, 5) is 2.17. The van der Waals surface area contributed by atoms with Crippen LogP contribution in [-0.4, -0.2) is 44.1 Å². The van der Waals surface area contributed by atoms with Gasteiger partial charge in [-0.25, -0.2) is 8.42 Å². The highest BCUT2D eigenvalue weighted by atomic mass is 32.2. The molecular formula is C20H20F3N3O3S2. The van der Waals surface area contributed by atoms with Crippen molar-refractivity contribution in [2.45, 2.75) is 24.2 Å². The number of piperazine rings is 1. The van der Waals surface area contributed by atoms with Gasteiger partial charge in [0.05, 0.1) is 0 Å². The van der Waals surface area contributed by atoms with Crippen LogP contribution in [0.1, 0.15) is 16.9 Å². The highest BCUT2D eigenvalue weighted by molar-refractivity contribution is 7.91. The van der Waals surface area contributed by atoms with Gasteiger partial charge < -0.3 is 9.42 Å². The predicted molar refractivity (Wildman–Crippen MR) is 112 cm³/mol. The lowest BCUT2D eigenvalue weighted by Gasteiger charge is -2.36. The summed E-state index contributed by atoms with van der Waals surface area (Å²) < 4.78 is 70.1. The van der Waals surface area contributed by atoms with E-state index in [0.717, 1.165) is 23.1 Å². The van der Waals surface area contributed by atoms with Crippen LogP contribution in [-0.2, 0) is 16.2 Å². The van der Waals surface area contributed by atoms with Crippen LogP contribution in [0.5, 0.6) is 0 Å². The number of hydrogen-bond donors (Lipinski definition) is 0. The van der Waals surface area contributed by atoms with E-state index in [-0.39, 0.29) is 15.5 Å². The fourth-order valence-electron chi connectivity index (χ4n) is 3.51. The zero-order chi connectivity index (χ0) is 22.4. The fourth-order valence-corrected chi connectivity index (χ4v) is 6.25. The SMILES string of the molecule is Cc1cccc(N2CCN(S(=O)(=O)c3cc(-c4cc(C(F)(F)F)on4)cs3)CC2)c1C. The topological polar surface area (TPSA) is 66.7 Å². The first-order chi connectivity index (χ1) is 14.6. The van der Waals surface area contributed by atoms with Gasteiger partial charge in [-0.05, 0) is 37.1 Å². The number of aromatic nitrogens is 1. The number of sulfonamides is 1. The van der Waals surface area contributed by atoms with Crippen molar-refractivity contribution in [1.82, 2.24) is 9.46 Å². The van der Waals surface area contributed by atoms with Crippen LogP contribution in [0.25, 0.3) is 11.3 Å². The summed E-state index contributed by atoms with van der Waals surface area (Å²) in [6.45, 7) is 5.85. The third kappa shape index (κ3) is 4.21. The summed E-state index contributed by atoms with van der Waals surface area (Å²) in [5.41, 5.74) is 3.68. The molecular weight excluding hydrogens is 451 g/mol.